The van der Waals surface area contributed by atoms with Gasteiger partial charge in [-0.3, -0.25) is 14.4 Å². The number of nitrogens with two attached hydrogens (primary N) is 1. The van der Waals surface area contributed by atoms with Gasteiger partial charge in [-0.1, -0.05) is 27.7 Å². The maximum atomic E-state index is 13.3. The first-order chi connectivity index (χ1) is 15.0. The Morgan fingerprint density at radius 1 is 1.06 bits per heavy atom. The van der Waals surface area contributed by atoms with Crippen molar-refractivity contribution in [1.82, 2.24) is 15.5 Å². The first-order valence-electron chi connectivity index (χ1n) is 11.4. The lowest BCUT2D eigenvalue weighted by atomic mass is 10.0. The van der Waals surface area contributed by atoms with E-state index in [-0.39, 0.29) is 23.7 Å². The molecular formula is C22H40N4O5S. The van der Waals surface area contributed by atoms with Crippen molar-refractivity contribution in [2.24, 2.45) is 17.6 Å². The minimum Gasteiger partial charge on any atom is -0.480 e. The summed E-state index contributed by atoms with van der Waals surface area (Å²) < 4.78 is 0. The van der Waals surface area contributed by atoms with Crippen LogP contribution in [-0.4, -0.2) is 76.4 Å². The van der Waals surface area contributed by atoms with Crippen LogP contribution in [0.15, 0.2) is 0 Å². The van der Waals surface area contributed by atoms with Crippen LogP contribution in [0.2, 0.25) is 0 Å². The van der Waals surface area contributed by atoms with E-state index in [0.29, 0.717) is 38.6 Å². The van der Waals surface area contributed by atoms with E-state index in [1.54, 1.807) is 11.8 Å². The van der Waals surface area contributed by atoms with E-state index in [0.717, 1.165) is 5.75 Å². The van der Waals surface area contributed by atoms with Crippen LogP contribution in [0.5, 0.6) is 0 Å². The van der Waals surface area contributed by atoms with Gasteiger partial charge in [0.2, 0.25) is 17.7 Å². The summed E-state index contributed by atoms with van der Waals surface area (Å²) in [4.78, 5) is 51.8. The Kier molecular flexibility index (Phi) is 12.1. The van der Waals surface area contributed by atoms with Gasteiger partial charge in [0, 0.05) is 6.54 Å². The molecule has 3 amide bonds. The second kappa shape index (κ2) is 13.7. The molecule has 5 N–H and O–H groups in total. The van der Waals surface area contributed by atoms with E-state index in [1.807, 2.05) is 34.0 Å². The second-order valence-corrected chi connectivity index (χ2v) is 10.3. The first-order valence-corrected chi connectivity index (χ1v) is 12.8. The van der Waals surface area contributed by atoms with Gasteiger partial charge in [0.1, 0.15) is 18.1 Å². The van der Waals surface area contributed by atoms with Gasteiger partial charge in [-0.2, -0.15) is 11.8 Å². The molecule has 0 aromatic rings. The molecule has 32 heavy (non-hydrogen) atoms. The van der Waals surface area contributed by atoms with E-state index in [4.69, 9.17) is 5.73 Å². The van der Waals surface area contributed by atoms with Crippen LogP contribution in [0.3, 0.4) is 0 Å². The number of carbonyl (C=O) groups excluding carboxylic acids is 3. The number of carbonyl (C=O) groups is 4. The molecule has 1 fully saturated rings. The highest BCUT2D eigenvalue weighted by Gasteiger charge is 2.39. The number of nitrogens with one attached hydrogen (secondary N) is 2. The minimum atomic E-state index is -1.09. The van der Waals surface area contributed by atoms with Crippen molar-refractivity contribution in [3.63, 3.8) is 0 Å². The number of rotatable bonds is 13. The average molecular weight is 473 g/mol. The number of hydrogen-bond acceptors (Lipinski definition) is 6. The number of thioether (sulfide) groups is 1. The Bertz CT molecular complexity index is 658. The quantitative estimate of drug-likeness (QED) is 0.315. The third kappa shape index (κ3) is 8.97. The highest BCUT2D eigenvalue weighted by Crippen LogP contribution is 2.21. The fraction of sp³-hybridized carbons (Fsp3) is 0.818. The van der Waals surface area contributed by atoms with Crippen molar-refractivity contribution in [2.45, 2.75) is 84.0 Å². The molecule has 0 aliphatic carbocycles. The number of likely N-dealkylation sites (tertiary alicyclic amines) is 1. The molecule has 10 heteroatoms. The van der Waals surface area contributed by atoms with E-state index in [9.17, 15) is 24.3 Å². The molecule has 4 atom stereocenters. The standard InChI is InChI=1S/C22H40N4O5S/c1-13(2)11-16(24-19(27)15(23)8-10-32-5)21(29)26-9-6-7-18(26)20(28)25-17(22(30)31)12-14(3)4/h13-18H,6-12,23H2,1-5H3,(H,24,27)(H,25,28)(H,30,31). The summed E-state index contributed by atoms with van der Waals surface area (Å²) in [5.41, 5.74) is 5.96. The SMILES string of the molecule is CSCCC(N)C(=O)NC(CC(C)C)C(=O)N1CCCC1C(=O)NC(CC(C)C)C(=O)O. The molecule has 184 valence electrons. The van der Waals surface area contributed by atoms with Crippen LogP contribution in [0, 0.1) is 11.8 Å². The second-order valence-electron chi connectivity index (χ2n) is 9.30. The molecular weight excluding hydrogens is 432 g/mol. The van der Waals surface area contributed by atoms with Gasteiger partial charge >= 0.3 is 5.97 Å². The molecule has 1 aliphatic rings. The molecule has 0 aromatic heterocycles. The zero-order valence-electron chi connectivity index (χ0n) is 19.9. The Morgan fingerprint density at radius 2 is 1.66 bits per heavy atom. The lowest BCUT2D eigenvalue weighted by Crippen LogP contribution is -2.57. The predicted molar refractivity (Wildman–Crippen MR) is 126 cm³/mol. The van der Waals surface area contributed by atoms with Gasteiger partial charge in [0.15, 0.2) is 0 Å². The Balaban J connectivity index is 2.92. The van der Waals surface area contributed by atoms with Gasteiger partial charge in [-0.05, 0) is 55.9 Å². The Hall–Kier alpha value is -1.81. The molecule has 1 heterocycles. The van der Waals surface area contributed by atoms with Crippen LogP contribution in [0.4, 0.5) is 0 Å². The van der Waals surface area contributed by atoms with Crippen molar-refractivity contribution in [1.29, 1.82) is 0 Å². The van der Waals surface area contributed by atoms with Crippen LogP contribution in [0.1, 0.15) is 59.8 Å². The van der Waals surface area contributed by atoms with Crippen LogP contribution < -0.4 is 16.4 Å². The zero-order chi connectivity index (χ0) is 24.4. The van der Waals surface area contributed by atoms with Gasteiger partial charge in [-0.25, -0.2) is 4.79 Å². The lowest BCUT2D eigenvalue weighted by molar-refractivity contribution is -0.145. The number of nitrogens with zero attached hydrogens (tertiary/aromatic N) is 1. The topological polar surface area (TPSA) is 142 Å². The van der Waals surface area contributed by atoms with Crippen LogP contribution >= 0.6 is 11.8 Å². The summed E-state index contributed by atoms with van der Waals surface area (Å²) in [6, 6.07) is -3.22. The lowest BCUT2D eigenvalue weighted by Gasteiger charge is -2.30. The normalized spacial score (nSPS) is 19.0. The molecule has 0 aromatic carbocycles. The molecule has 0 bridgehead atoms. The fourth-order valence-corrected chi connectivity index (χ4v) is 4.30. The number of carboxylic acids is 1. The monoisotopic (exact) mass is 472 g/mol. The fourth-order valence-electron chi connectivity index (χ4n) is 3.81. The van der Waals surface area contributed by atoms with Crippen LogP contribution in [0.25, 0.3) is 0 Å². The summed E-state index contributed by atoms with van der Waals surface area (Å²) in [5, 5.41) is 14.8. The number of carboxylic acid groups (broad SMARTS) is 1. The van der Waals surface area contributed by atoms with Gasteiger partial charge in [-0.15, -0.1) is 0 Å². The summed E-state index contributed by atoms with van der Waals surface area (Å²) >= 11 is 1.60. The van der Waals surface area contributed by atoms with Crippen LogP contribution in [-0.2, 0) is 19.2 Å². The van der Waals surface area contributed by atoms with Gasteiger partial charge < -0.3 is 26.4 Å². The van der Waals surface area contributed by atoms with E-state index < -0.39 is 36.0 Å². The molecule has 1 aliphatic heterocycles. The minimum absolute atomic E-state index is 0.0960. The average Bonchev–Trinajstić information content (AvgIpc) is 3.19. The van der Waals surface area contributed by atoms with Crippen molar-refractivity contribution in [2.75, 3.05) is 18.6 Å². The predicted octanol–water partition coefficient (Wildman–Crippen LogP) is 1.20. The van der Waals surface area contributed by atoms with Crippen molar-refractivity contribution < 1.29 is 24.3 Å². The summed E-state index contributed by atoms with van der Waals surface area (Å²) in [6.07, 6.45) is 4.28. The van der Waals surface area contributed by atoms with E-state index >= 15 is 0 Å². The molecule has 9 nitrogen and oxygen atoms in total. The molecule has 0 saturated carbocycles. The summed E-state index contributed by atoms with van der Waals surface area (Å²) in [6.45, 7) is 8.07. The van der Waals surface area contributed by atoms with Gasteiger partial charge in [0.05, 0.1) is 6.04 Å². The Morgan fingerprint density at radius 3 is 2.19 bits per heavy atom. The smallest absolute Gasteiger partial charge is 0.326 e. The third-order valence-electron chi connectivity index (χ3n) is 5.45. The molecule has 1 rings (SSSR count). The van der Waals surface area contributed by atoms with Gasteiger partial charge in [0.25, 0.3) is 0 Å². The van der Waals surface area contributed by atoms with E-state index in [1.165, 1.54) is 4.90 Å². The number of amides is 3. The summed E-state index contributed by atoms with van der Waals surface area (Å²) in [5.74, 6) is -1.27. The van der Waals surface area contributed by atoms with E-state index in [2.05, 4.69) is 10.6 Å². The van der Waals surface area contributed by atoms with Crippen molar-refractivity contribution in [3.8, 4) is 0 Å². The molecule has 1 saturated heterocycles. The molecule has 0 spiro atoms. The molecule has 4 unspecified atom stereocenters. The maximum Gasteiger partial charge on any atom is 0.326 e. The van der Waals surface area contributed by atoms with Crippen molar-refractivity contribution >= 4 is 35.5 Å². The van der Waals surface area contributed by atoms with Crippen molar-refractivity contribution in [3.05, 3.63) is 0 Å². The highest BCUT2D eigenvalue weighted by molar-refractivity contribution is 7.98. The zero-order valence-corrected chi connectivity index (χ0v) is 20.7. The maximum absolute atomic E-state index is 13.3. The summed E-state index contributed by atoms with van der Waals surface area (Å²) in [7, 11) is 0. The highest BCUT2D eigenvalue weighted by atomic mass is 32.2. The first kappa shape index (κ1) is 28.2. The third-order valence-corrected chi connectivity index (χ3v) is 6.10. The number of hydrogen-bond donors (Lipinski definition) is 4. The largest absolute Gasteiger partial charge is 0.480 e. The molecule has 0 radical (unpaired) electrons. The Labute approximate surface area is 195 Å². The number of aliphatic carboxylic acids is 1.